The summed E-state index contributed by atoms with van der Waals surface area (Å²) in [5, 5.41) is 10.4. The van der Waals surface area contributed by atoms with Gasteiger partial charge in [0.05, 0.1) is 32.2 Å². The van der Waals surface area contributed by atoms with Gasteiger partial charge in [-0.1, -0.05) is 25.5 Å². The number of allylic oxidation sites excluding steroid dienone is 2. The van der Waals surface area contributed by atoms with E-state index in [0.29, 0.717) is 12.0 Å². The topological polar surface area (TPSA) is 152 Å². The van der Waals surface area contributed by atoms with Crippen molar-refractivity contribution in [3.8, 4) is 0 Å². The Morgan fingerprint density at radius 1 is 1.10 bits per heavy atom. The van der Waals surface area contributed by atoms with Crippen molar-refractivity contribution >= 4 is 29.7 Å². The first-order valence-corrected chi connectivity index (χ1v) is 13.7. The maximum Gasteiger partial charge on any atom is 0.333 e. The van der Waals surface area contributed by atoms with Crippen molar-refractivity contribution in [1.82, 2.24) is 0 Å². The van der Waals surface area contributed by atoms with Crippen LogP contribution in [0.3, 0.4) is 0 Å². The number of ketones is 1. The third kappa shape index (κ3) is 3.88. The minimum atomic E-state index is -1.40. The average molecular weight is 573 g/mol. The van der Waals surface area contributed by atoms with E-state index in [2.05, 4.69) is 0 Å². The SMILES string of the molecule is COC(=O)C[C@H]1[C@]2(C)C3=C(C)[C@H](C4=CC(=O)OC4O)C[C@H]3O[C@@H]2[C@H](OC(C)=O)[C@@H]2[C@]1(C)C(=O)C=C[C@@]2(C)C(=O)OC. The van der Waals surface area contributed by atoms with Crippen LogP contribution >= 0.6 is 0 Å². The lowest BCUT2D eigenvalue weighted by Gasteiger charge is -2.62. The maximum atomic E-state index is 14.0. The van der Waals surface area contributed by atoms with Crippen molar-refractivity contribution in [3.63, 3.8) is 0 Å². The van der Waals surface area contributed by atoms with Gasteiger partial charge < -0.3 is 28.8 Å². The van der Waals surface area contributed by atoms with Crippen LogP contribution in [0.25, 0.3) is 0 Å². The zero-order valence-corrected chi connectivity index (χ0v) is 24.2. The quantitative estimate of drug-likeness (QED) is 0.292. The normalized spacial score (nSPS) is 42.6. The summed E-state index contributed by atoms with van der Waals surface area (Å²) in [5.74, 6) is -4.80. The Balaban J connectivity index is 1.76. The first-order chi connectivity index (χ1) is 19.2. The van der Waals surface area contributed by atoms with Gasteiger partial charge in [0.25, 0.3) is 0 Å². The van der Waals surface area contributed by atoms with Crippen molar-refractivity contribution in [1.29, 1.82) is 0 Å². The number of ether oxygens (including phenoxy) is 5. The summed E-state index contributed by atoms with van der Waals surface area (Å²) in [7, 11) is 2.52. The standard InChI is InChI=1S/C30H36O11/c1-13-15(16-11-21(34)41-26(16)35)10-17-22(13)30(5)18(12-20(33)37-6)29(4)19(32)8-9-28(3,27(36)38-7)24(29)23(25(30)40-17)39-14(2)31/h8-9,11,15,17-18,23-26,35H,10,12H2,1-7H3/t15-,17-,18-,23-,24+,25-,26?,28-,29+,30-/m1/s1. The molecule has 2 aliphatic heterocycles. The summed E-state index contributed by atoms with van der Waals surface area (Å²) in [6, 6.07) is 0. The van der Waals surface area contributed by atoms with E-state index >= 15 is 0 Å². The van der Waals surface area contributed by atoms with E-state index in [1.165, 1.54) is 39.4 Å². The average Bonchev–Trinajstić information content (AvgIpc) is 3.52. The van der Waals surface area contributed by atoms with Gasteiger partial charge in [0, 0.05) is 41.2 Å². The fourth-order valence-electron chi connectivity index (χ4n) is 8.79. The van der Waals surface area contributed by atoms with E-state index in [4.69, 9.17) is 23.7 Å². The fraction of sp³-hybridized carbons (Fsp3) is 0.633. The fourth-order valence-corrected chi connectivity index (χ4v) is 8.79. The summed E-state index contributed by atoms with van der Waals surface area (Å²) in [5.41, 5.74) is -1.79. The van der Waals surface area contributed by atoms with Crippen molar-refractivity contribution in [3.05, 3.63) is 34.9 Å². The molecule has 0 spiro atoms. The summed E-state index contributed by atoms with van der Waals surface area (Å²) in [6.45, 7) is 8.38. The predicted octanol–water partition coefficient (Wildman–Crippen LogP) is 1.96. The van der Waals surface area contributed by atoms with Crippen LogP contribution < -0.4 is 0 Å². The maximum absolute atomic E-state index is 14.0. The molecule has 1 saturated heterocycles. The highest BCUT2D eigenvalue weighted by atomic mass is 16.6. The highest BCUT2D eigenvalue weighted by Crippen LogP contribution is 2.70. The molecule has 41 heavy (non-hydrogen) atoms. The van der Waals surface area contributed by atoms with Crippen LogP contribution in [0.5, 0.6) is 0 Å². The van der Waals surface area contributed by atoms with Crippen LogP contribution in [0, 0.1) is 34.0 Å². The number of carbonyl (C=O) groups excluding carboxylic acids is 5. The van der Waals surface area contributed by atoms with Crippen LogP contribution in [0.15, 0.2) is 34.9 Å². The second-order valence-corrected chi connectivity index (χ2v) is 12.3. The minimum Gasteiger partial charge on any atom is -0.469 e. The number of methoxy groups -OCH3 is 2. The molecule has 2 heterocycles. The number of aliphatic hydroxyl groups excluding tert-OH is 1. The molecule has 1 saturated carbocycles. The van der Waals surface area contributed by atoms with Crippen LogP contribution in [-0.4, -0.2) is 73.6 Å². The molecular formula is C30H36O11. The molecule has 0 aromatic carbocycles. The van der Waals surface area contributed by atoms with E-state index < -0.39 is 76.6 Å². The lowest BCUT2D eigenvalue weighted by molar-refractivity contribution is -0.226. The molecule has 0 bridgehead atoms. The van der Waals surface area contributed by atoms with Gasteiger partial charge in [0.15, 0.2) is 5.78 Å². The second-order valence-electron chi connectivity index (χ2n) is 12.3. The molecule has 0 aromatic heterocycles. The smallest absolute Gasteiger partial charge is 0.333 e. The third-order valence-electron chi connectivity index (χ3n) is 10.4. The highest BCUT2D eigenvalue weighted by molar-refractivity contribution is 5.99. The summed E-state index contributed by atoms with van der Waals surface area (Å²) < 4.78 is 27.9. The van der Waals surface area contributed by atoms with Crippen LogP contribution in [0.1, 0.15) is 47.5 Å². The summed E-state index contributed by atoms with van der Waals surface area (Å²) in [6.07, 6.45) is 0.501. The first kappa shape index (κ1) is 29.2. The van der Waals surface area contributed by atoms with Crippen LogP contribution in [0.2, 0.25) is 0 Å². The number of aliphatic hydroxyl groups is 1. The zero-order valence-electron chi connectivity index (χ0n) is 24.2. The number of fused-ring (bicyclic) bond motifs is 4. The summed E-state index contributed by atoms with van der Waals surface area (Å²) in [4.78, 5) is 64.8. The lowest BCUT2D eigenvalue weighted by Crippen LogP contribution is -2.70. The van der Waals surface area contributed by atoms with Gasteiger partial charge >= 0.3 is 23.9 Å². The van der Waals surface area contributed by atoms with Gasteiger partial charge in [-0.2, -0.15) is 0 Å². The van der Waals surface area contributed by atoms with Crippen LogP contribution in [-0.2, 0) is 47.7 Å². The van der Waals surface area contributed by atoms with E-state index in [9.17, 15) is 29.1 Å². The number of cyclic esters (lactones) is 1. The third-order valence-corrected chi connectivity index (χ3v) is 10.4. The molecule has 10 atom stereocenters. The Morgan fingerprint density at radius 2 is 1.78 bits per heavy atom. The molecule has 5 rings (SSSR count). The number of rotatable bonds is 5. The number of esters is 4. The second kappa shape index (κ2) is 9.62. The molecule has 0 amide bonds. The van der Waals surface area contributed by atoms with Gasteiger partial charge in [-0.05, 0) is 37.8 Å². The number of carbonyl (C=O) groups is 5. The van der Waals surface area contributed by atoms with Crippen molar-refractivity contribution in [2.45, 2.75) is 72.1 Å². The molecule has 1 unspecified atom stereocenters. The Hall–Kier alpha value is -3.31. The molecule has 5 aliphatic rings. The van der Waals surface area contributed by atoms with E-state index in [1.807, 2.05) is 13.8 Å². The summed E-state index contributed by atoms with van der Waals surface area (Å²) >= 11 is 0. The largest absolute Gasteiger partial charge is 0.469 e. The van der Waals surface area contributed by atoms with E-state index in [0.717, 1.165) is 11.1 Å². The molecule has 1 N–H and O–H groups in total. The predicted molar refractivity (Wildman–Crippen MR) is 139 cm³/mol. The van der Waals surface area contributed by atoms with Crippen molar-refractivity contribution in [2.75, 3.05) is 14.2 Å². The van der Waals surface area contributed by atoms with Crippen molar-refractivity contribution in [2.24, 2.45) is 34.0 Å². The molecule has 2 fully saturated rings. The molecule has 11 heteroatoms. The molecule has 3 aliphatic carbocycles. The highest BCUT2D eigenvalue weighted by Gasteiger charge is 2.75. The van der Waals surface area contributed by atoms with Gasteiger partial charge in [0.1, 0.15) is 12.2 Å². The van der Waals surface area contributed by atoms with E-state index in [-0.39, 0.29) is 18.1 Å². The lowest BCUT2D eigenvalue weighted by atomic mass is 9.41. The molecule has 11 nitrogen and oxygen atoms in total. The molecular weight excluding hydrogens is 536 g/mol. The van der Waals surface area contributed by atoms with Gasteiger partial charge in [0.2, 0.25) is 6.29 Å². The van der Waals surface area contributed by atoms with E-state index in [1.54, 1.807) is 13.8 Å². The number of hydrogen-bond acceptors (Lipinski definition) is 11. The van der Waals surface area contributed by atoms with Gasteiger partial charge in [-0.25, -0.2) is 4.79 Å². The van der Waals surface area contributed by atoms with Crippen LogP contribution in [0.4, 0.5) is 0 Å². The first-order valence-electron chi connectivity index (χ1n) is 13.7. The minimum absolute atomic E-state index is 0.176. The Morgan fingerprint density at radius 3 is 2.34 bits per heavy atom. The van der Waals surface area contributed by atoms with Gasteiger partial charge in [-0.15, -0.1) is 0 Å². The molecule has 0 aromatic rings. The van der Waals surface area contributed by atoms with Gasteiger partial charge in [-0.3, -0.25) is 19.2 Å². The monoisotopic (exact) mass is 572 g/mol. The molecule has 0 radical (unpaired) electrons. The Labute approximate surface area is 237 Å². The Bertz CT molecular complexity index is 1330. The number of hydrogen-bond donors (Lipinski definition) is 1. The van der Waals surface area contributed by atoms with Crippen molar-refractivity contribution < 1.29 is 52.8 Å². The molecule has 222 valence electrons. The zero-order chi connectivity index (χ0) is 30.2. The Kier molecular flexibility index (Phi) is 6.85.